The van der Waals surface area contributed by atoms with E-state index in [2.05, 4.69) is 23.3 Å². The van der Waals surface area contributed by atoms with E-state index in [4.69, 9.17) is 0 Å². The van der Waals surface area contributed by atoms with E-state index in [0.29, 0.717) is 0 Å². The van der Waals surface area contributed by atoms with Gasteiger partial charge in [0.15, 0.2) is 0 Å². The van der Waals surface area contributed by atoms with Crippen molar-refractivity contribution in [1.82, 2.24) is 0 Å². The average Bonchev–Trinajstić information content (AvgIpc) is 2.33. The predicted octanol–water partition coefficient (Wildman–Crippen LogP) is 2.84. The van der Waals surface area contributed by atoms with Crippen LogP contribution in [0.1, 0.15) is 12.8 Å². The van der Waals surface area contributed by atoms with Crippen molar-refractivity contribution in [2.24, 2.45) is 0 Å². The number of hydrogen-bond acceptors (Lipinski definition) is 4. The van der Waals surface area contributed by atoms with Crippen LogP contribution in [-0.2, 0) is 0 Å². The molecule has 0 radical (unpaired) electrons. The monoisotopic (exact) mass is 260 g/mol. The SMILES string of the molecule is SSC1CCC[As]1SS. The van der Waals surface area contributed by atoms with Crippen LogP contribution in [-0.4, -0.2) is 17.5 Å². The molecule has 1 rings (SSSR count). The van der Waals surface area contributed by atoms with Gasteiger partial charge in [0.25, 0.3) is 0 Å². The molecule has 54 valence electrons. The van der Waals surface area contributed by atoms with E-state index in [0.717, 1.165) is 4.04 Å². The van der Waals surface area contributed by atoms with Gasteiger partial charge in [0, 0.05) is 0 Å². The predicted molar refractivity (Wildman–Crippen MR) is 56.7 cm³/mol. The zero-order chi connectivity index (χ0) is 6.69. The summed E-state index contributed by atoms with van der Waals surface area (Å²) in [4.78, 5) is 0. The molecule has 0 bridgehead atoms. The molecule has 0 aromatic heterocycles. The Balaban J connectivity index is 2.32. The molecule has 0 aromatic rings. The summed E-state index contributed by atoms with van der Waals surface area (Å²) in [5.41, 5.74) is 0. The first-order chi connectivity index (χ1) is 4.38. The summed E-state index contributed by atoms with van der Waals surface area (Å²) in [5, 5.41) is 1.47. The molecule has 0 aromatic carbocycles. The maximum absolute atomic E-state index is 4.26. The molecule has 5 heteroatoms. The van der Waals surface area contributed by atoms with Crippen molar-refractivity contribution in [2.45, 2.75) is 22.1 Å². The first kappa shape index (κ1) is 9.05. The Morgan fingerprint density at radius 2 is 2.22 bits per heavy atom. The Bertz CT molecular complexity index is 78.6. The Hall–Kier alpha value is 1.96. The number of hydrogen-bond donors (Lipinski definition) is 2. The van der Waals surface area contributed by atoms with Crippen molar-refractivity contribution in [2.75, 3.05) is 0 Å². The van der Waals surface area contributed by atoms with E-state index in [9.17, 15) is 0 Å². The molecule has 1 heterocycles. The topological polar surface area (TPSA) is 0 Å². The Kier molecular flexibility index (Phi) is 4.79. The van der Waals surface area contributed by atoms with Crippen molar-refractivity contribution in [1.29, 1.82) is 0 Å². The minimum absolute atomic E-state index is 0.570. The van der Waals surface area contributed by atoms with Gasteiger partial charge >= 0.3 is 78.8 Å². The molecule has 0 spiro atoms. The maximum atomic E-state index is 4.26. The third-order valence-electron chi connectivity index (χ3n) is 1.38. The summed E-state index contributed by atoms with van der Waals surface area (Å²) in [6.07, 6.45) is 2.81. The van der Waals surface area contributed by atoms with E-state index in [1.165, 1.54) is 18.1 Å². The van der Waals surface area contributed by atoms with Gasteiger partial charge in [-0.15, -0.1) is 0 Å². The average molecular weight is 260 g/mol. The Morgan fingerprint density at radius 1 is 1.44 bits per heavy atom. The van der Waals surface area contributed by atoms with Gasteiger partial charge in [-0.1, -0.05) is 0 Å². The van der Waals surface area contributed by atoms with Crippen molar-refractivity contribution < 1.29 is 0 Å². The van der Waals surface area contributed by atoms with Crippen LogP contribution in [0.3, 0.4) is 0 Å². The van der Waals surface area contributed by atoms with Crippen molar-refractivity contribution in [3.63, 3.8) is 0 Å². The molecule has 0 nitrogen and oxygen atoms in total. The fraction of sp³-hybridized carbons (Fsp3) is 1.00. The van der Waals surface area contributed by atoms with Crippen LogP contribution in [0.2, 0.25) is 5.21 Å². The van der Waals surface area contributed by atoms with Gasteiger partial charge in [-0.3, -0.25) is 0 Å². The summed E-state index contributed by atoms with van der Waals surface area (Å²) in [6.45, 7) is 0. The van der Waals surface area contributed by atoms with Gasteiger partial charge < -0.3 is 0 Å². The second-order valence-corrected chi connectivity index (χ2v) is 14.3. The molecule has 2 atom stereocenters. The van der Waals surface area contributed by atoms with Crippen LogP contribution in [0.4, 0.5) is 0 Å². The molecule has 1 fully saturated rings. The van der Waals surface area contributed by atoms with Gasteiger partial charge in [-0.05, 0) is 0 Å². The van der Waals surface area contributed by atoms with Gasteiger partial charge in [-0.2, -0.15) is 0 Å². The van der Waals surface area contributed by atoms with Crippen LogP contribution in [0.5, 0.6) is 0 Å². The van der Waals surface area contributed by atoms with Gasteiger partial charge in [0.1, 0.15) is 0 Å². The third-order valence-corrected chi connectivity index (χ3v) is 16.9. The molecule has 0 amide bonds. The summed E-state index contributed by atoms with van der Waals surface area (Å²) in [5.74, 6) is 0. The van der Waals surface area contributed by atoms with Gasteiger partial charge in [0.2, 0.25) is 0 Å². The summed E-state index contributed by atoms with van der Waals surface area (Å²) in [6, 6.07) is 0. The van der Waals surface area contributed by atoms with E-state index in [-0.39, 0.29) is 0 Å². The molecule has 2 unspecified atom stereocenters. The number of rotatable bonds is 2. The second-order valence-electron chi connectivity index (χ2n) is 1.92. The van der Waals surface area contributed by atoms with Gasteiger partial charge in [-0.25, -0.2) is 0 Å². The molecule has 0 N–H and O–H groups in total. The van der Waals surface area contributed by atoms with Crippen LogP contribution in [0.25, 0.3) is 0 Å². The first-order valence-corrected chi connectivity index (χ1v) is 11.2. The van der Waals surface area contributed by atoms with E-state index >= 15 is 0 Å². The summed E-state index contributed by atoms with van der Waals surface area (Å²) < 4.78 is 0.892. The molecular weight excluding hydrogens is 251 g/mol. The quantitative estimate of drug-likeness (QED) is 0.445. The number of thiol groups is 2. The van der Waals surface area contributed by atoms with Crippen LogP contribution in [0, 0.1) is 0 Å². The van der Waals surface area contributed by atoms with Crippen molar-refractivity contribution in [3.8, 4) is 0 Å². The summed E-state index contributed by atoms with van der Waals surface area (Å²) >= 11 is 7.93. The molecular formula is C4H9AsS4. The summed E-state index contributed by atoms with van der Waals surface area (Å²) in [7, 11) is 3.59. The molecule has 0 saturated carbocycles. The van der Waals surface area contributed by atoms with Crippen LogP contribution >= 0.6 is 43.2 Å². The van der Waals surface area contributed by atoms with Crippen molar-refractivity contribution in [3.05, 3.63) is 0 Å². The zero-order valence-electron chi connectivity index (χ0n) is 4.86. The molecule has 1 aliphatic rings. The van der Waals surface area contributed by atoms with Crippen LogP contribution < -0.4 is 0 Å². The molecule has 9 heavy (non-hydrogen) atoms. The molecule has 1 saturated heterocycles. The van der Waals surface area contributed by atoms with E-state index in [1.807, 2.05) is 9.06 Å². The van der Waals surface area contributed by atoms with Crippen molar-refractivity contribution >= 4 is 56.7 Å². The molecule has 1 aliphatic heterocycles. The first-order valence-electron chi connectivity index (χ1n) is 2.77. The minimum atomic E-state index is -0.570. The normalized spacial score (nSPS) is 35.3. The van der Waals surface area contributed by atoms with E-state index < -0.39 is 13.5 Å². The Morgan fingerprint density at radius 3 is 2.67 bits per heavy atom. The van der Waals surface area contributed by atoms with Crippen LogP contribution in [0.15, 0.2) is 0 Å². The third kappa shape index (κ3) is 2.48. The fourth-order valence-corrected chi connectivity index (χ4v) is 16.2. The standard InChI is InChI=1S/C4H9AsS4/c6-8-4-2-1-3-5(4)9-7/h4,6-7H,1-3H2. The fourth-order valence-electron chi connectivity index (χ4n) is 0.908. The van der Waals surface area contributed by atoms with Gasteiger partial charge in [0.05, 0.1) is 0 Å². The zero-order valence-corrected chi connectivity index (χ0v) is 10.2. The second kappa shape index (κ2) is 4.76. The Labute approximate surface area is 78.2 Å². The molecule has 0 aliphatic carbocycles. The van der Waals surface area contributed by atoms with E-state index in [1.54, 1.807) is 10.8 Å².